The molecule has 1 unspecified atom stereocenters. The molecule has 0 amide bonds. The molecule has 15 heavy (non-hydrogen) atoms. The van der Waals surface area contributed by atoms with Crippen LogP contribution in [0.4, 0.5) is 0 Å². The maximum absolute atomic E-state index is 3.81. The fraction of sp³-hybridized carbons (Fsp3) is 1.00. The normalized spacial score (nSPS) is 32.6. The number of nitrogens with one attached hydrogen (secondary N) is 1. The van der Waals surface area contributed by atoms with E-state index in [1.165, 1.54) is 45.1 Å². The highest BCUT2D eigenvalue weighted by Gasteiger charge is 2.42. The summed E-state index contributed by atoms with van der Waals surface area (Å²) in [6.45, 7) is 6.08. The van der Waals surface area contributed by atoms with Crippen molar-refractivity contribution in [3.8, 4) is 0 Å². The van der Waals surface area contributed by atoms with Gasteiger partial charge in [-0.3, -0.25) is 0 Å². The summed E-state index contributed by atoms with van der Waals surface area (Å²) >= 11 is 2.06. The molecule has 2 aliphatic carbocycles. The minimum Gasteiger partial charge on any atom is -0.313 e. The first-order valence-electron chi connectivity index (χ1n) is 6.34. The van der Waals surface area contributed by atoms with Crippen molar-refractivity contribution in [3.63, 3.8) is 0 Å². The highest BCUT2D eigenvalue weighted by Crippen LogP contribution is 2.47. The Labute approximate surface area is 98.8 Å². The molecule has 0 saturated heterocycles. The van der Waals surface area contributed by atoms with Crippen molar-refractivity contribution < 1.29 is 0 Å². The number of thioether (sulfide) groups is 1. The highest BCUT2D eigenvalue weighted by atomic mass is 32.2. The predicted molar refractivity (Wildman–Crippen MR) is 69.5 cm³/mol. The molecule has 0 bridgehead atoms. The molecule has 2 heteroatoms. The predicted octanol–water partition coefficient (Wildman–Crippen LogP) is 3.44. The minimum absolute atomic E-state index is 0.575. The molecular formula is C13H25NS. The average Bonchev–Trinajstić information content (AvgIpc) is 2.94. The zero-order valence-electron chi connectivity index (χ0n) is 10.4. The van der Waals surface area contributed by atoms with Crippen LogP contribution in [0.1, 0.15) is 52.4 Å². The Kier molecular flexibility index (Phi) is 3.37. The van der Waals surface area contributed by atoms with Crippen molar-refractivity contribution in [2.45, 2.75) is 63.2 Å². The Hall–Kier alpha value is 0.310. The van der Waals surface area contributed by atoms with Crippen LogP contribution in [0.2, 0.25) is 0 Å². The SMILES string of the molecule is CSC1(CNC2CCCC(C)(C)C2)CC1. The third-order valence-corrected chi connectivity index (χ3v) is 5.58. The van der Waals surface area contributed by atoms with E-state index in [1.54, 1.807) is 0 Å². The highest BCUT2D eigenvalue weighted by molar-refractivity contribution is 8.00. The van der Waals surface area contributed by atoms with Gasteiger partial charge in [-0.25, -0.2) is 0 Å². The largest absolute Gasteiger partial charge is 0.313 e. The monoisotopic (exact) mass is 227 g/mol. The number of rotatable bonds is 4. The van der Waals surface area contributed by atoms with Gasteiger partial charge in [-0.2, -0.15) is 11.8 Å². The van der Waals surface area contributed by atoms with E-state index in [0.717, 1.165) is 6.04 Å². The van der Waals surface area contributed by atoms with E-state index in [1.807, 2.05) is 0 Å². The fourth-order valence-corrected chi connectivity index (χ4v) is 3.53. The molecule has 2 aliphatic rings. The molecule has 1 N–H and O–H groups in total. The average molecular weight is 227 g/mol. The summed E-state index contributed by atoms with van der Waals surface area (Å²) in [5.74, 6) is 0. The van der Waals surface area contributed by atoms with E-state index < -0.39 is 0 Å². The molecule has 2 fully saturated rings. The van der Waals surface area contributed by atoms with Gasteiger partial charge < -0.3 is 5.32 Å². The quantitative estimate of drug-likeness (QED) is 0.789. The van der Waals surface area contributed by atoms with Crippen LogP contribution in [0.25, 0.3) is 0 Å². The topological polar surface area (TPSA) is 12.0 Å². The van der Waals surface area contributed by atoms with Gasteiger partial charge in [0.05, 0.1) is 0 Å². The summed E-state index contributed by atoms with van der Waals surface area (Å²) < 4.78 is 0.627. The summed E-state index contributed by atoms with van der Waals surface area (Å²) in [7, 11) is 0. The van der Waals surface area contributed by atoms with E-state index in [-0.39, 0.29) is 0 Å². The van der Waals surface area contributed by atoms with Crippen LogP contribution in [-0.4, -0.2) is 23.6 Å². The number of hydrogen-bond acceptors (Lipinski definition) is 2. The van der Waals surface area contributed by atoms with Gasteiger partial charge in [-0.1, -0.05) is 20.3 Å². The third kappa shape index (κ3) is 3.13. The minimum atomic E-state index is 0.575. The second kappa shape index (κ2) is 4.29. The molecule has 0 aromatic heterocycles. The molecule has 2 saturated carbocycles. The molecule has 0 heterocycles. The number of hydrogen-bond donors (Lipinski definition) is 1. The molecule has 0 aromatic carbocycles. The first-order valence-corrected chi connectivity index (χ1v) is 7.56. The van der Waals surface area contributed by atoms with E-state index in [2.05, 4.69) is 37.2 Å². The van der Waals surface area contributed by atoms with Crippen LogP contribution in [0, 0.1) is 5.41 Å². The van der Waals surface area contributed by atoms with Gasteiger partial charge in [-0.05, 0) is 43.8 Å². The zero-order chi connectivity index (χ0) is 10.9. The summed E-state index contributed by atoms with van der Waals surface area (Å²) in [5.41, 5.74) is 0.575. The summed E-state index contributed by atoms with van der Waals surface area (Å²) in [6, 6.07) is 0.790. The van der Waals surface area contributed by atoms with Gasteiger partial charge in [0.1, 0.15) is 0 Å². The van der Waals surface area contributed by atoms with E-state index in [4.69, 9.17) is 0 Å². The van der Waals surface area contributed by atoms with Crippen LogP contribution in [0.15, 0.2) is 0 Å². The standard InChI is InChI=1S/C13H25NS/c1-12(2)6-4-5-11(9-12)14-10-13(15-3)7-8-13/h11,14H,4-10H2,1-3H3. The van der Waals surface area contributed by atoms with Crippen molar-refractivity contribution in [2.75, 3.05) is 12.8 Å². The smallest absolute Gasteiger partial charge is 0.0282 e. The van der Waals surface area contributed by atoms with Gasteiger partial charge in [0.2, 0.25) is 0 Å². The van der Waals surface area contributed by atoms with Gasteiger partial charge in [-0.15, -0.1) is 0 Å². The Bertz CT molecular complexity index is 221. The molecule has 0 spiro atoms. The molecule has 1 atom stereocenters. The van der Waals surface area contributed by atoms with Gasteiger partial charge in [0.15, 0.2) is 0 Å². The lowest BCUT2D eigenvalue weighted by atomic mass is 9.75. The van der Waals surface area contributed by atoms with Crippen molar-refractivity contribution in [1.82, 2.24) is 5.32 Å². The third-order valence-electron chi connectivity index (χ3n) is 4.16. The second-order valence-corrected chi connectivity index (χ2v) is 7.50. The van der Waals surface area contributed by atoms with Crippen molar-refractivity contribution >= 4 is 11.8 Å². The molecule has 88 valence electrons. The molecule has 1 nitrogen and oxygen atoms in total. The Balaban J connectivity index is 1.75. The van der Waals surface area contributed by atoms with Crippen LogP contribution < -0.4 is 5.32 Å². The molecular weight excluding hydrogens is 202 g/mol. The summed E-state index contributed by atoms with van der Waals surface area (Å²) in [6.07, 6.45) is 10.7. The fourth-order valence-electron chi connectivity index (χ4n) is 2.80. The summed E-state index contributed by atoms with van der Waals surface area (Å²) in [4.78, 5) is 0. The first-order chi connectivity index (χ1) is 7.05. The summed E-state index contributed by atoms with van der Waals surface area (Å²) in [5, 5.41) is 3.81. The van der Waals surface area contributed by atoms with E-state index in [9.17, 15) is 0 Å². The van der Waals surface area contributed by atoms with Crippen molar-refractivity contribution in [1.29, 1.82) is 0 Å². The van der Waals surface area contributed by atoms with Crippen LogP contribution in [-0.2, 0) is 0 Å². The Morgan fingerprint density at radius 3 is 2.53 bits per heavy atom. The van der Waals surface area contributed by atoms with Crippen molar-refractivity contribution in [2.24, 2.45) is 5.41 Å². The zero-order valence-corrected chi connectivity index (χ0v) is 11.3. The van der Waals surface area contributed by atoms with Crippen LogP contribution >= 0.6 is 11.8 Å². The van der Waals surface area contributed by atoms with Gasteiger partial charge in [0.25, 0.3) is 0 Å². The van der Waals surface area contributed by atoms with Crippen molar-refractivity contribution in [3.05, 3.63) is 0 Å². The molecule has 2 rings (SSSR count). The first kappa shape index (κ1) is 11.8. The van der Waals surface area contributed by atoms with E-state index in [0.29, 0.717) is 10.2 Å². The molecule has 0 aromatic rings. The van der Waals surface area contributed by atoms with Crippen LogP contribution in [0.5, 0.6) is 0 Å². The maximum atomic E-state index is 3.81. The lowest BCUT2D eigenvalue weighted by Gasteiger charge is -2.36. The molecule has 0 radical (unpaired) electrons. The maximum Gasteiger partial charge on any atom is 0.0282 e. The lowest BCUT2D eigenvalue weighted by Crippen LogP contribution is -2.40. The Morgan fingerprint density at radius 2 is 2.00 bits per heavy atom. The van der Waals surface area contributed by atoms with Gasteiger partial charge >= 0.3 is 0 Å². The lowest BCUT2D eigenvalue weighted by molar-refractivity contribution is 0.198. The van der Waals surface area contributed by atoms with Gasteiger partial charge in [0, 0.05) is 17.3 Å². The molecule has 0 aliphatic heterocycles. The Morgan fingerprint density at radius 1 is 1.27 bits per heavy atom. The van der Waals surface area contributed by atoms with Crippen LogP contribution in [0.3, 0.4) is 0 Å². The second-order valence-electron chi connectivity index (χ2n) is 6.23. The van der Waals surface area contributed by atoms with E-state index >= 15 is 0 Å².